The first-order valence-electron chi connectivity index (χ1n) is 5.68. The van der Waals surface area contributed by atoms with Gasteiger partial charge in [0.1, 0.15) is 5.82 Å². The first kappa shape index (κ1) is 14.4. The predicted molar refractivity (Wildman–Crippen MR) is 81.5 cm³/mol. The van der Waals surface area contributed by atoms with Gasteiger partial charge >= 0.3 is 0 Å². The first-order chi connectivity index (χ1) is 9.56. The van der Waals surface area contributed by atoms with Gasteiger partial charge in [0.25, 0.3) is 5.91 Å². The molecule has 0 saturated heterocycles. The van der Waals surface area contributed by atoms with Crippen LogP contribution in [0, 0.1) is 5.82 Å². The van der Waals surface area contributed by atoms with E-state index in [-0.39, 0.29) is 10.8 Å². The SMILES string of the molecule is O=C(NC(=S)Nc1ccccc1F)c1ccc(Cl)cc1. The van der Waals surface area contributed by atoms with Crippen molar-refractivity contribution in [2.24, 2.45) is 0 Å². The van der Waals surface area contributed by atoms with E-state index < -0.39 is 11.7 Å². The largest absolute Gasteiger partial charge is 0.330 e. The molecule has 2 aromatic carbocycles. The standard InChI is InChI=1S/C14H10ClFN2OS/c15-10-7-5-9(6-8-10)13(19)18-14(20)17-12-4-2-1-3-11(12)16/h1-8H,(H2,17,18,19,20). The summed E-state index contributed by atoms with van der Waals surface area (Å²) in [6, 6.07) is 12.4. The Hall–Kier alpha value is -1.98. The smallest absolute Gasteiger partial charge is 0.257 e. The molecule has 3 nitrogen and oxygen atoms in total. The number of halogens is 2. The van der Waals surface area contributed by atoms with Crippen LogP contribution in [0.1, 0.15) is 10.4 Å². The molecule has 0 radical (unpaired) electrons. The number of amides is 1. The van der Waals surface area contributed by atoms with Crippen LogP contribution in [-0.2, 0) is 0 Å². The van der Waals surface area contributed by atoms with Crippen molar-refractivity contribution in [2.75, 3.05) is 5.32 Å². The van der Waals surface area contributed by atoms with Gasteiger partial charge < -0.3 is 5.32 Å². The molecule has 2 N–H and O–H groups in total. The number of benzene rings is 2. The molecule has 20 heavy (non-hydrogen) atoms. The summed E-state index contributed by atoms with van der Waals surface area (Å²) in [6.45, 7) is 0. The van der Waals surface area contributed by atoms with Crippen LogP contribution in [0.3, 0.4) is 0 Å². The summed E-state index contributed by atoms with van der Waals surface area (Å²) in [6.07, 6.45) is 0. The molecule has 0 fully saturated rings. The van der Waals surface area contributed by atoms with Crippen LogP contribution in [-0.4, -0.2) is 11.0 Å². The van der Waals surface area contributed by atoms with E-state index in [0.29, 0.717) is 10.6 Å². The van der Waals surface area contributed by atoms with Crippen LogP contribution in [0.2, 0.25) is 5.02 Å². The molecule has 2 aromatic rings. The van der Waals surface area contributed by atoms with Gasteiger partial charge in [0.2, 0.25) is 0 Å². The second-order valence-electron chi connectivity index (χ2n) is 3.89. The van der Waals surface area contributed by atoms with Gasteiger partial charge in [-0.3, -0.25) is 10.1 Å². The Morgan fingerprint density at radius 1 is 1.10 bits per heavy atom. The van der Waals surface area contributed by atoms with Gasteiger partial charge in [0.15, 0.2) is 5.11 Å². The lowest BCUT2D eigenvalue weighted by atomic mass is 10.2. The number of hydrogen-bond acceptors (Lipinski definition) is 2. The molecule has 0 spiro atoms. The molecule has 0 aromatic heterocycles. The fraction of sp³-hybridized carbons (Fsp3) is 0. The van der Waals surface area contributed by atoms with E-state index in [0.717, 1.165) is 0 Å². The van der Waals surface area contributed by atoms with Crippen molar-refractivity contribution in [1.29, 1.82) is 0 Å². The Morgan fingerprint density at radius 3 is 2.40 bits per heavy atom. The van der Waals surface area contributed by atoms with E-state index in [4.69, 9.17) is 23.8 Å². The Balaban J connectivity index is 2.00. The van der Waals surface area contributed by atoms with Gasteiger partial charge in [-0.2, -0.15) is 0 Å². The Bertz CT molecular complexity index is 646. The van der Waals surface area contributed by atoms with E-state index in [1.165, 1.54) is 12.1 Å². The van der Waals surface area contributed by atoms with Crippen LogP contribution in [0.5, 0.6) is 0 Å². The van der Waals surface area contributed by atoms with Gasteiger partial charge in [-0.1, -0.05) is 23.7 Å². The van der Waals surface area contributed by atoms with Crippen LogP contribution in [0.25, 0.3) is 0 Å². The zero-order chi connectivity index (χ0) is 14.5. The highest BCUT2D eigenvalue weighted by molar-refractivity contribution is 7.80. The Kier molecular flexibility index (Phi) is 4.65. The van der Waals surface area contributed by atoms with Crippen molar-refractivity contribution in [2.45, 2.75) is 0 Å². The maximum atomic E-state index is 13.4. The van der Waals surface area contributed by atoms with E-state index in [2.05, 4.69) is 10.6 Å². The van der Waals surface area contributed by atoms with Crippen molar-refractivity contribution >= 4 is 40.5 Å². The van der Waals surface area contributed by atoms with Gasteiger partial charge in [-0.05, 0) is 48.6 Å². The van der Waals surface area contributed by atoms with Crippen LogP contribution in [0.4, 0.5) is 10.1 Å². The number of anilines is 1. The number of nitrogens with one attached hydrogen (secondary N) is 2. The maximum Gasteiger partial charge on any atom is 0.257 e. The van der Waals surface area contributed by atoms with Gasteiger partial charge in [0.05, 0.1) is 5.69 Å². The fourth-order valence-electron chi connectivity index (χ4n) is 1.49. The number of carbonyl (C=O) groups excluding carboxylic acids is 1. The minimum Gasteiger partial charge on any atom is -0.330 e. The van der Waals surface area contributed by atoms with Crippen molar-refractivity contribution in [3.8, 4) is 0 Å². The number of thiocarbonyl (C=S) groups is 1. The van der Waals surface area contributed by atoms with Crippen molar-refractivity contribution in [3.63, 3.8) is 0 Å². The number of para-hydroxylation sites is 1. The summed E-state index contributed by atoms with van der Waals surface area (Å²) in [7, 11) is 0. The van der Waals surface area contributed by atoms with Gasteiger partial charge in [-0.15, -0.1) is 0 Å². The molecule has 2 rings (SSSR count). The molecular weight excluding hydrogens is 299 g/mol. The van der Waals surface area contributed by atoms with Gasteiger partial charge in [0, 0.05) is 10.6 Å². The second kappa shape index (κ2) is 6.45. The quantitative estimate of drug-likeness (QED) is 0.833. The number of carbonyl (C=O) groups is 1. The molecule has 0 heterocycles. The monoisotopic (exact) mass is 308 g/mol. The molecule has 0 atom stereocenters. The molecule has 0 bridgehead atoms. The third-order valence-electron chi connectivity index (χ3n) is 2.46. The lowest BCUT2D eigenvalue weighted by Gasteiger charge is -2.10. The molecule has 0 unspecified atom stereocenters. The maximum absolute atomic E-state index is 13.4. The van der Waals surface area contributed by atoms with Crippen molar-refractivity contribution in [3.05, 3.63) is 64.9 Å². The zero-order valence-corrected chi connectivity index (χ0v) is 11.8. The highest BCUT2D eigenvalue weighted by atomic mass is 35.5. The molecule has 1 amide bonds. The third kappa shape index (κ3) is 3.76. The highest BCUT2D eigenvalue weighted by Gasteiger charge is 2.09. The Morgan fingerprint density at radius 2 is 1.75 bits per heavy atom. The van der Waals surface area contributed by atoms with Crippen molar-refractivity contribution < 1.29 is 9.18 Å². The molecule has 0 aliphatic carbocycles. The summed E-state index contributed by atoms with van der Waals surface area (Å²) >= 11 is 10.7. The third-order valence-corrected chi connectivity index (χ3v) is 2.91. The topological polar surface area (TPSA) is 41.1 Å². The van der Waals surface area contributed by atoms with E-state index >= 15 is 0 Å². The van der Waals surface area contributed by atoms with E-state index in [1.54, 1.807) is 36.4 Å². The summed E-state index contributed by atoms with van der Waals surface area (Å²) in [5.41, 5.74) is 0.612. The molecule has 6 heteroatoms. The summed E-state index contributed by atoms with van der Waals surface area (Å²) < 4.78 is 13.4. The van der Waals surface area contributed by atoms with Crippen molar-refractivity contribution in [1.82, 2.24) is 5.32 Å². The van der Waals surface area contributed by atoms with Crippen LogP contribution in [0.15, 0.2) is 48.5 Å². The van der Waals surface area contributed by atoms with Crippen LogP contribution >= 0.6 is 23.8 Å². The lowest BCUT2D eigenvalue weighted by Crippen LogP contribution is -2.34. The Labute approximate surface area is 125 Å². The second-order valence-corrected chi connectivity index (χ2v) is 4.74. The van der Waals surface area contributed by atoms with E-state index in [9.17, 15) is 9.18 Å². The number of hydrogen-bond donors (Lipinski definition) is 2. The fourth-order valence-corrected chi connectivity index (χ4v) is 1.82. The lowest BCUT2D eigenvalue weighted by molar-refractivity contribution is 0.0977. The highest BCUT2D eigenvalue weighted by Crippen LogP contribution is 2.12. The van der Waals surface area contributed by atoms with E-state index in [1.807, 2.05) is 0 Å². The molecule has 0 saturated carbocycles. The number of rotatable bonds is 2. The molecule has 0 aliphatic heterocycles. The summed E-state index contributed by atoms with van der Waals surface area (Å²) in [5, 5.41) is 5.64. The van der Waals surface area contributed by atoms with Gasteiger partial charge in [-0.25, -0.2) is 4.39 Å². The normalized spacial score (nSPS) is 9.90. The minimum absolute atomic E-state index is 0.0232. The van der Waals surface area contributed by atoms with Crippen LogP contribution < -0.4 is 10.6 Å². The zero-order valence-electron chi connectivity index (χ0n) is 10.2. The average Bonchev–Trinajstić information content (AvgIpc) is 2.42. The molecule has 0 aliphatic rings. The minimum atomic E-state index is -0.449. The average molecular weight is 309 g/mol. The first-order valence-corrected chi connectivity index (χ1v) is 6.47. The predicted octanol–water partition coefficient (Wildman–Crippen LogP) is 3.61. The summed E-state index contributed by atoms with van der Waals surface area (Å²) in [4.78, 5) is 11.9. The molecular formula is C14H10ClFN2OS. The molecule has 102 valence electrons. The summed E-state index contributed by atoms with van der Waals surface area (Å²) in [5.74, 6) is -0.842.